The van der Waals surface area contributed by atoms with Gasteiger partial charge in [0.05, 0.1) is 12.3 Å². The molecular formula is C11H24N4O2S2. The lowest BCUT2D eigenvalue weighted by molar-refractivity contribution is 0.444. The van der Waals surface area contributed by atoms with Crippen LogP contribution >= 0.6 is 11.8 Å². The largest absolute Gasteiger partial charge is 0.370 e. The molecule has 1 unspecified atom stereocenters. The topological polar surface area (TPSA) is 87.8 Å². The van der Waals surface area contributed by atoms with E-state index in [1.54, 1.807) is 16.1 Å². The Morgan fingerprint density at radius 3 is 2.68 bits per heavy atom. The standard InChI is InChI=1S/C11H24N4O2S2/c1-3-10(2)14-11(12)13-4-9-19(16,17)15-5-7-18-8-6-15/h10H,3-9H2,1-2H3,(H3,12,13,14). The fourth-order valence-corrected chi connectivity index (χ4v) is 4.09. The van der Waals surface area contributed by atoms with Crippen LogP contribution < -0.4 is 11.1 Å². The molecule has 19 heavy (non-hydrogen) atoms. The second-order valence-electron chi connectivity index (χ2n) is 4.55. The highest BCUT2D eigenvalue weighted by atomic mass is 32.2. The van der Waals surface area contributed by atoms with Gasteiger partial charge >= 0.3 is 0 Å². The van der Waals surface area contributed by atoms with Crippen LogP contribution in [-0.4, -0.2) is 61.6 Å². The summed E-state index contributed by atoms with van der Waals surface area (Å²) in [7, 11) is -3.18. The molecule has 1 rings (SSSR count). The Balaban J connectivity index is 2.40. The van der Waals surface area contributed by atoms with Gasteiger partial charge in [-0.05, 0) is 13.3 Å². The molecule has 3 N–H and O–H groups in total. The molecule has 1 heterocycles. The van der Waals surface area contributed by atoms with Crippen molar-refractivity contribution in [3.05, 3.63) is 0 Å². The minimum Gasteiger partial charge on any atom is -0.370 e. The van der Waals surface area contributed by atoms with E-state index in [0.29, 0.717) is 19.0 Å². The van der Waals surface area contributed by atoms with Crippen molar-refractivity contribution >= 4 is 27.7 Å². The summed E-state index contributed by atoms with van der Waals surface area (Å²) in [5.74, 6) is 2.10. The number of thioether (sulfide) groups is 1. The van der Waals surface area contributed by atoms with E-state index in [1.165, 1.54) is 0 Å². The molecule has 1 atom stereocenters. The Morgan fingerprint density at radius 2 is 2.11 bits per heavy atom. The smallest absolute Gasteiger partial charge is 0.215 e. The maximum Gasteiger partial charge on any atom is 0.215 e. The average Bonchev–Trinajstić information content (AvgIpc) is 2.39. The second-order valence-corrected chi connectivity index (χ2v) is 7.86. The molecule has 0 bridgehead atoms. The lowest BCUT2D eigenvalue weighted by Gasteiger charge is -2.25. The van der Waals surface area contributed by atoms with Crippen LogP contribution in [0.4, 0.5) is 0 Å². The Morgan fingerprint density at radius 1 is 1.47 bits per heavy atom. The van der Waals surface area contributed by atoms with Crippen LogP contribution in [0.1, 0.15) is 20.3 Å². The van der Waals surface area contributed by atoms with E-state index < -0.39 is 10.0 Å². The van der Waals surface area contributed by atoms with E-state index in [2.05, 4.69) is 10.3 Å². The van der Waals surface area contributed by atoms with E-state index >= 15 is 0 Å². The van der Waals surface area contributed by atoms with Gasteiger partial charge in [-0.3, -0.25) is 4.99 Å². The number of aliphatic imine (C=N–C) groups is 1. The summed E-state index contributed by atoms with van der Waals surface area (Å²) < 4.78 is 25.6. The van der Waals surface area contributed by atoms with Crippen molar-refractivity contribution in [2.75, 3.05) is 36.9 Å². The van der Waals surface area contributed by atoms with Crippen LogP contribution in [0.5, 0.6) is 0 Å². The molecule has 1 fully saturated rings. The van der Waals surface area contributed by atoms with E-state index in [-0.39, 0.29) is 18.3 Å². The number of guanidine groups is 1. The van der Waals surface area contributed by atoms with E-state index in [4.69, 9.17) is 5.73 Å². The van der Waals surface area contributed by atoms with Crippen LogP contribution in [0.2, 0.25) is 0 Å². The summed E-state index contributed by atoms with van der Waals surface area (Å²) >= 11 is 1.79. The van der Waals surface area contributed by atoms with Crippen molar-refractivity contribution in [1.29, 1.82) is 0 Å². The third-order valence-corrected chi connectivity index (χ3v) is 5.79. The molecule has 0 aliphatic carbocycles. The fraction of sp³-hybridized carbons (Fsp3) is 0.909. The summed E-state index contributed by atoms with van der Waals surface area (Å²) in [6.07, 6.45) is 0.944. The van der Waals surface area contributed by atoms with Gasteiger partial charge in [0.1, 0.15) is 0 Å². The summed E-state index contributed by atoms with van der Waals surface area (Å²) in [4.78, 5) is 4.06. The molecule has 0 saturated carbocycles. The van der Waals surface area contributed by atoms with Gasteiger partial charge < -0.3 is 11.1 Å². The van der Waals surface area contributed by atoms with Gasteiger partial charge in [0.15, 0.2) is 5.96 Å². The highest BCUT2D eigenvalue weighted by molar-refractivity contribution is 7.99. The zero-order valence-electron chi connectivity index (χ0n) is 11.6. The van der Waals surface area contributed by atoms with Crippen molar-refractivity contribution < 1.29 is 8.42 Å². The summed E-state index contributed by atoms with van der Waals surface area (Å²) in [5.41, 5.74) is 5.69. The normalized spacial score (nSPS) is 20.2. The molecule has 1 aliphatic heterocycles. The molecular weight excluding hydrogens is 284 g/mol. The van der Waals surface area contributed by atoms with Gasteiger partial charge in [-0.2, -0.15) is 11.8 Å². The number of nitrogens with zero attached hydrogens (tertiary/aromatic N) is 2. The van der Waals surface area contributed by atoms with Crippen LogP contribution in [0, 0.1) is 0 Å². The Hall–Kier alpha value is -0.470. The van der Waals surface area contributed by atoms with Crippen LogP contribution in [0.25, 0.3) is 0 Å². The molecule has 0 aromatic heterocycles. The molecule has 1 aliphatic rings. The van der Waals surface area contributed by atoms with Gasteiger partial charge in [-0.1, -0.05) is 6.92 Å². The zero-order chi connectivity index (χ0) is 14.3. The van der Waals surface area contributed by atoms with Crippen molar-refractivity contribution in [1.82, 2.24) is 9.62 Å². The number of rotatable bonds is 6. The summed E-state index contributed by atoms with van der Waals surface area (Å²) in [5, 5.41) is 3.01. The first-order valence-electron chi connectivity index (χ1n) is 6.57. The van der Waals surface area contributed by atoms with Gasteiger partial charge in [-0.15, -0.1) is 0 Å². The first-order chi connectivity index (χ1) is 8.95. The van der Waals surface area contributed by atoms with Crippen LogP contribution in [-0.2, 0) is 10.0 Å². The van der Waals surface area contributed by atoms with E-state index in [1.807, 2.05) is 13.8 Å². The Kier molecular flexibility index (Phi) is 6.95. The predicted octanol–water partition coefficient (Wildman–Crippen LogP) is 0.0678. The molecule has 0 amide bonds. The molecule has 0 radical (unpaired) electrons. The highest BCUT2D eigenvalue weighted by Gasteiger charge is 2.23. The second kappa shape index (κ2) is 7.96. The molecule has 0 aromatic carbocycles. The molecule has 112 valence electrons. The molecule has 0 spiro atoms. The van der Waals surface area contributed by atoms with Crippen molar-refractivity contribution in [3.8, 4) is 0 Å². The number of nitrogens with two attached hydrogens (primary N) is 1. The number of hydrogen-bond donors (Lipinski definition) is 2. The molecule has 0 aromatic rings. The first kappa shape index (κ1) is 16.6. The zero-order valence-corrected chi connectivity index (χ0v) is 13.3. The van der Waals surface area contributed by atoms with Gasteiger partial charge in [-0.25, -0.2) is 12.7 Å². The maximum absolute atomic E-state index is 12.0. The molecule has 6 nitrogen and oxygen atoms in total. The monoisotopic (exact) mass is 308 g/mol. The van der Waals surface area contributed by atoms with Crippen LogP contribution in [0.3, 0.4) is 0 Å². The third-order valence-electron chi connectivity index (χ3n) is 3.00. The van der Waals surface area contributed by atoms with Crippen molar-refractivity contribution in [2.45, 2.75) is 26.3 Å². The summed E-state index contributed by atoms with van der Waals surface area (Å²) in [6, 6.07) is 0.250. The number of nitrogens with one attached hydrogen (secondary N) is 1. The quantitative estimate of drug-likeness (QED) is 0.535. The first-order valence-corrected chi connectivity index (χ1v) is 9.34. The van der Waals surface area contributed by atoms with Gasteiger partial charge in [0, 0.05) is 30.6 Å². The van der Waals surface area contributed by atoms with Gasteiger partial charge in [0.25, 0.3) is 0 Å². The Labute approximate surface area is 120 Å². The SMILES string of the molecule is CCC(C)NC(N)=NCCS(=O)(=O)N1CCSCC1. The highest BCUT2D eigenvalue weighted by Crippen LogP contribution is 2.13. The van der Waals surface area contributed by atoms with Crippen molar-refractivity contribution in [2.24, 2.45) is 10.7 Å². The maximum atomic E-state index is 12.0. The van der Waals surface area contributed by atoms with E-state index in [0.717, 1.165) is 17.9 Å². The third kappa shape index (κ3) is 6.01. The molecule has 8 heteroatoms. The number of sulfonamides is 1. The minimum atomic E-state index is -3.18. The fourth-order valence-electron chi connectivity index (χ4n) is 1.64. The van der Waals surface area contributed by atoms with E-state index in [9.17, 15) is 8.42 Å². The van der Waals surface area contributed by atoms with Crippen LogP contribution in [0.15, 0.2) is 4.99 Å². The lowest BCUT2D eigenvalue weighted by atomic mass is 10.3. The van der Waals surface area contributed by atoms with Gasteiger partial charge in [0.2, 0.25) is 10.0 Å². The average molecular weight is 308 g/mol. The Bertz CT molecular complexity index is 391. The summed E-state index contributed by atoms with van der Waals surface area (Å²) in [6.45, 7) is 5.48. The lowest BCUT2D eigenvalue weighted by Crippen LogP contribution is -2.41. The number of hydrogen-bond acceptors (Lipinski definition) is 4. The molecule has 1 saturated heterocycles. The van der Waals surface area contributed by atoms with Crippen molar-refractivity contribution in [3.63, 3.8) is 0 Å². The minimum absolute atomic E-state index is 0.0283. The predicted molar refractivity (Wildman–Crippen MR) is 82.1 cm³/mol.